The number of rotatable bonds is 10. The van der Waals surface area contributed by atoms with Crippen molar-refractivity contribution < 1.29 is 13.3 Å². The van der Waals surface area contributed by atoms with Gasteiger partial charge in [0.1, 0.15) is 0 Å². The molecule has 0 amide bonds. The van der Waals surface area contributed by atoms with Gasteiger partial charge in [0, 0.05) is 19.8 Å². The van der Waals surface area contributed by atoms with Crippen molar-refractivity contribution in [2.24, 2.45) is 0 Å². The Morgan fingerprint density at radius 3 is 1.33 bits per heavy atom. The Labute approximate surface area is 103 Å². The van der Waals surface area contributed by atoms with Gasteiger partial charge < -0.3 is 13.3 Å². The molecule has 0 radical (unpaired) electrons. The van der Waals surface area contributed by atoms with Crippen molar-refractivity contribution in [2.45, 2.75) is 40.0 Å². The van der Waals surface area contributed by atoms with E-state index in [4.69, 9.17) is 13.3 Å². The van der Waals surface area contributed by atoms with E-state index in [9.17, 15) is 0 Å². The van der Waals surface area contributed by atoms with Crippen LogP contribution in [0.4, 0.5) is 0 Å². The van der Waals surface area contributed by atoms with Gasteiger partial charge in [0.15, 0.2) is 0 Å². The van der Waals surface area contributed by atoms with E-state index >= 15 is 0 Å². The van der Waals surface area contributed by atoms with Crippen LogP contribution in [-0.2, 0) is 13.3 Å². The van der Waals surface area contributed by atoms with Crippen LogP contribution in [0.2, 0.25) is 0 Å². The Morgan fingerprint density at radius 1 is 0.800 bits per heavy atom. The number of hydrogen-bond acceptors (Lipinski definition) is 3. The van der Waals surface area contributed by atoms with Crippen LogP contribution in [0.15, 0.2) is 0 Å². The maximum Gasteiger partial charge on any atom is 0.512 e. The van der Waals surface area contributed by atoms with E-state index in [1.54, 1.807) is 0 Å². The Balaban J connectivity index is 4.16. The summed E-state index contributed by atoms with van der Waals surface area (Å²) in [6, 6.07) is 0. The van der Waals surface area contributed by atoms with E-state index in [0.717, 1.165) is 19.3 Å². The Bertz CT molecular complexity index is 125. The summed E-state index contributed by atoms with van der Waals surface area (Å²) in [6.45, 7) is 8.41. The second-order valence-corrected chi connectivity index (χ2v) is 7.54. The van der Waals surface area contributed by atoms with Gasteiger partial charge in [-0.25, -0.2) is 0 Å². The molecule has 3 nitrogen and oxygen atoms in total. The van der Waals surface area contributed by atoms with Crippen LogP contribution in [0.5, 0.6) is 0 Å². The van der Waals surface area contributed by atoms with Gasteiger partial charge in [0.05, 0.1) is 4.95 Å². The Morgan fingerprint density at radius 2 is 1.13 bits per heavy atom. The molecule has 0 unspecified atom stereocenters. The lowest BCUT2D eigenvalue weighted by atomic mass is 10.5. The summed E-state index contributed by atoms with van der Waals surface area (Å²) in [6.07, 6.45) is 2.98. The minimum Gasteiger partial charge on any atom is -0.373 e. The van der Waals surface area contributed by atoms with Crippen molar-refractivity contribution >= 4 is 24.7 Å². The molecular formula is C10H23BrO3Si. The van der Waals surface area contributed by atoms with Gasteiger partial charge >= 0.3 is 8.80 Å². The first-order chi connectivity index (χ1) is 7.24. The third-order valence-corrected chi connectivity index (χ3v) is 6.06. The molecule has 0 aromatic carbocycles. The Kier molecular flexibility index (Phi) is 10.2. The molecule has 0 aliphatic rings. The lowest BCUT2D eigenvalue weighted by Crippen LogP contribution is -2.48. The van der Waals surface area contributed by atoms with E-state index in [1.807, 2.05) is 0 Å². The minimum absolute atomic E-state index is 0.681. The third-order valence-electron chi connectivity index (χ3n) is 1.74. The normalized spacial score (nSPS) is 12.0. The quantitative estimate of drug-likeness (QED) is 0.458. The van der Waals surface area contributed by atoms with Crippen LogP contribution in [0.25, 0.3) is 0 Å². The van der Waals surface area contributed by atoms with Crippen LogP contribution in [-0.4, -0.2) is 33.6 Å². The molecule has 92 valence electrons. The molecule has 0 fully saturated rings. The zero-order valence-electron chi connectivity index (χ0n) is 10.1. The lowest BCUT2D eigenvalue weighted by molar-refractivity contribution is 0.0652. The summed E-state index contributed by atoms with van der Waals surface area (Å²) in [7, 11) is -2.42. The van der Waals surface area contributed by atoms with Gasteiger partial charge in [0.25, 0.3) is 0 Å². The highest BCUT2D eigenvalue weighted by Crippen LogP contribution is 2.14. The molecule has 0 saturated heterocycles. The Hall–Kier alpha value is 0.577. The number of halogens is 1. The molecule has 0 heterocycles. The first kappa shape index (κ1) is 15.6. The SMILES string of the molecule is CCCO[Si](CBr)(OCCC)OCCC. The van der Waals surface area contributed by atoms with E-state index in [0.29, 0.717) is 24.8 Å². The summed E-state index contributed by atoms with van der Waals surface area (Å²) in [4.78, 5) is 0.681. The third kappa shape index (κ3) is 6.68. The van der Waals surface area contributed by atoms with Gasteiger partial charge in [-0.2, -0.15) is 0 Å². The number of hydrogen-bond donors (Lipinski definition) is 0. The first-order valence-electron chi connectivity index (χ1n) is 5.72. The van der Waals surface area contributed by atoms with E-state index in [-0.39, 0.29) is 0 Å². The van der Waals surface area contributed by atoms with E-state index in [2.05, 4.69) is 36.7 Å². The zero-order valence-corrected chi connectivity index (χ0v) is 12.6. The molecule has 0 aromatic rings. The largest absolute Gasteiger partial charge is 0.512 e. The molecular weight excluding hydrogens is 276 g/mol. The second kappa shape index (κ2) is 9.78. The summed E-state index contributed by atoms with van der Waals surface area (Å²) in [5.74, 6) is 0. The fourth-order valence-corrected chi connectivity index (χ4v) is 4.50. The molecule has 0 N–H and O–H groups in total. The van der Waals surface area contributed by atoms with E-state index < -0.39 is 8.80 Å². The van der Waals surface area contributed by atoms with Crippen molar-refractivity contribution in [1.29, 1.82) is 0 Å². The maximum atomic E-state index is 5.78. The summed E-state index contributed by atoms with van der Waals surface area (Å²) < 4.78 is 17.3. The van der Waals surface area contributed by atoms with Gasteiger partial charge in [-0.3, -0.25) is 0 Å². The average Bonchev–Trinajstić information content (AvgIpc) is 2.29. The molecule has 0 aliphatic carbocycles. The standard InChI is InChI=1S/C10H23BrO3Si/c1-4-7-12-15(10-11,13-8-5-2)14-9-6-3/h4-10H2,1-3H3. The monoisotopic (exact) mass is 298 g/mol. The number of alkyl halides is 1. The van der Waals surface area contributed by atoms with Gasteiger partial charge in [-0.1, -0.05) is 36.7 Å². The highest BCUT2D eigenvalue weighted by molar-refractivity contribution is 9.09. The summed E-state index contributed by atoms with van der Waals surface area (Å²) in [5.41, 5.74) is 0. The molecule has 0 saturated carbocycles. The molecule has 15 heavy (non-hydrogen) atoms. The molecule has 0 atom stereocenters. The molecule has 0 aromatic heterocycles. The fourth-order valence-electron chi connectivity index (χ4n) is 1.01. The average molecular weight is 299 g/mol. The topological polar surface area (TPSA) is 27.7 Å². The van der Waals surface area contributed by atoms with Crippen molar-refractivity contribution in [1.82, 2.24) is 0 Å². The molecule has 0 aliphatic heterocycles. The molecule has 0 bridgehead atoms. The van der Waals surface area contributed by atoms with Crippen molar-refractivity contribution in [3.05, 3.63) is 0 Å². The van der Waals surface area contributed by atoms with Crippen LogP contribution in [0.1, 0.15) is 40.0 Å². The second-order valence-electron chi connectivity index (χ2n) is 3.36. The molecule has 0 rings (SSSR count). The van der Waals surface area contributed by atoms with Gasteiger partial charge in [0.2, 0.25) is 0 Å². The predicted octanol–water partition coefficient (Wildman–Crippen LogP) is 3.14. The van der Waals surface area contributed by atoms with Crippen molar-refractivity contribution in [2.75, 3.05) is 24.8 Å². The van der Waals surface area contributed by atoms with Crippen molar-refractivity contribution in [3.63, 3.8) is 0 Å². The molecule has 5 heteroatoms. The smallest absolute Gasteiger partial charge is 0.373 e. The van der Waals surface area contributed by atoms with E-state index in [1.165, 1.54) is 0 Å². The highest BCUT2D eigenvalue weighted by atomic mass is 79.9. The highest BCUT2D eigenvalue weighted by Gasteiger charge is 2.39. The van der Waals surface area contributed by atoms with Crippen LogP contribution in [0.3, 0.4) is 0 Å². The van der Waals surface area contributed by atoms with Crippen LogP contribution in [0, 0.1) is 0 Å². The first-order valence-corrected chi connectivity index (χ1v) is 8.77. The van der Waals surface area contributed by atoms with Crippen LogP contribution < -0.4 is 0 Å². The van der Waals surface area contributed by atoms with Gasteiger partial charge in [-0.15, -0.1) is 0 Å². The summed E-state index contributed by atoms with van der Waals surface area (Å²) in [5, 5.41) is 0. The van der Waals surface area contributed by atoms with Gasteiger partial charge in [-0.05, 0) is 19.3 Å². The molecule has 0 spiro atoms. The zero-order chi connectivity index (χ0) is 11.6. The fraction of sp³-hybridized carbons (Fsp3) is 1.00. The summed E-state index contributed by atoms with van der Waals surface area (Å²) >= 11 is 3.45. The predicted molar refractivity (Wildman–Crippen MR) is 68.3 cm³/mol. The van der Waals surface area contributed by atoms with Crippen molar-refractivity contribution in [3.8, 4) is 0 Å². The lowest BCUT2D eigenvalue weighted by Gasteiger charge is -2.27. The van der Waals surface area contributed by atoms with Crippen LogP contribution >= 0.6 is 15.9 Å². The minimum atomic E-state index is -2.42. The maximum absolute atomic E-state index is 5.78.